The number of ketones is 1. The summed E-state index contributed by atoms with van der Waals surface area (Å²) in [6.45, 7) is 3.37. The molecular weight excluding hydrogens is 256 g/mol. The summed E-state index contributed by atoms with van der Waals surface area (Å²) in [7, 11) is 0. The third-order valence-corrected chi connectivity index (χ3v) is 3.74. The molecule has 0 aliphatic carbocycles. The molecule has 0 atom stereocenters. The predicted octanol–water partition coefficient (Wildman–Crippen LogP) is 4.05. The maximum absolute atomic E-state index is 11.3. The van der Waals surface area contributed by atoms with Crippen molar-refractivity contribution in [3.63, 3.8) is 0 Å². The summed E-state index contributed by atoms with van der Waals surface area (Å²) in [6, 6.07) is 7.42. The second-order valence-electron chi connectivity index (χ2n) is 3.59. The highest BCUT2D eigenvalue weighted by molar-refractivity contribution is 7.17. The van der Waals surface area contributed by atoms with Crippen molar-refractivity contribution < 1.29 is 4.79 Å². The molecule has 0 spiro atoms. The lowest BCUT2D eigenvalue weighted by Crippen LogP contribution is -1.90. The van der Waals surface area contributed by atoms with Gasteiger partial charge in [0.25, 0.3) is 0 Å². The van der Waals surface area contributed by atoms with Crippen LogP contribution in [0.5, 0.6) is 0 Å². The Morgan fingerprint density at radius 1 is 1.41 bits per heavy atom. The fourth-order valence-electron chi connectivity index (χ4n) is 1.45. The van der Waals surface area contributed by atoms with Crippen molar-refractivity contribution in [1.29, 1.82) is 0 Å². The standard InChI is InChI=1S/C12H11ClN2OS/c1-7-11(8(2)16)17-12(14-7)15-10-6-4-3-5-9(10)13/h3-6H,1-2H3,(H,14,15). The molecule has 5 heteroatoms. The summed E-state index contributed by atoms with van der Waals surface area (Å²) in [4.78, 5) is 16.3. The van der Waals surface area contributed by atoms with E-state index in [2.05, 4.69) is 10.3 Å². The summed E-state index contributed by atoms with van der Waals surface area (Å²) < 4.78 is 0. The Morgan fingerprint density at radius 3 is 2.71 bits per heavy atom. The molecule has 17 heavy (non-hydrogen) atoms. The number of nitrogens with one attached hydrogen (secondary N) is 1. The number of benzene rings is 1. The number of anilines is 2. The lowest BCUT2D eigenvalue weighted by Gasteiger charge is -2.03. The third-order valence-electron chi connectivity index (χ3n) is 2.23. The van der Waals surface area contributed by atoms with Gasteiger partial charge >= 0.3 is 0 Å². The number of para-hydroxylation sites is 1. The fourth-order valence-corrected chi connectivity index (χ4v) is 2.51. The average Bonchev–Trinajstić information content (AvgIpc) is 2.63. The molecule has 88 valence electrons. The van der Waals surface area contributed by atoms with Crippen LogP contribution in [-0.4, -0.2) is 10.8 Å². The zero-order valence-corrected chi connectivity index (χ0v) is 11.0. The summed E-state index contributed by atoms with van der Waals surface area (Å²) in [5.41, 5.74) is 1.54. The van der Waals surface area contributed by atoms with E-state index >= 15 is 0 Å². The van der Waals surface area contributed by atoms with Gasteiger partial charge in [-0.15, -0.1) is 0 Å². The Labute approximate surface area is 108 Å². The van der Waals surface area contributed by atoms with Crippen molar-refractivity contribution in [3.8, 4) is 0 Å². The molecule has 0 saturated carbocycles. The van der Waals surface area contributed by atoms with Crippen LogP contribution in [0.15, 0.2) is 24.3 Å². The minimum absolute atomic E-state index is 0.0345. The van der Waals surface area contributed by atoms with E-state index in [1.165, 1.54) is 11.3 Å². The Balaban J connectivity index is 2.28. The Hall–Kier alpha value is -1.39. The third kappa shape index (κ3) is 2.65. The Morgan fingerprint density at radius 2 is 2.12 bits per heavy atom. The number of carbonyl (C=O) groups excluding carboxylic acids is 1. The van der Waals surface area contributed by atoms with Gasteiger partial charge in [-0.3, -0.25) is 4.79 Å². The smallest absolute Gasteiger partial charge is 0.188 e. The van der Waals surface area contributed by atoms with Crippen LogP contribution in [0.2, 0.25) is 5.02 Å². The first-order valence-electron chi connectivity index (χ1n) is 5.08. The quantitative estimate of drug-likeness (QED) is 0.852. The van der Waals surface area contributed by atoms with Gasteiger partial charge in [0.15, 0.2) is 10.9 Å². The molecular formula is C12H11ClN2OS. The van der Waals surface area contributed by atoms with Crippen LogP contribution in [0.25, 0.3) is 0 Å². The van der Waals surface area contributed by atoms with Crippen LogP contribution in [-0.2, 0) is 0 Å². The van der Waals surface area contributed by atoms with Gasteiger partial charge in [-0.05, 0) is 19.1 Å². The minimum Gasteiger partial charge on any atom is -0.330 e. The normalized spacial score (nSPS) is 10.3. The van der Waals surface area contributed by atoms with Gasteiger partial charge < -0.3 is 5.32 Å². The summed E-state index contributed by atoms with van der Waals surface area (Å²) in [5.74, 6) is 0.0345. The molecule has 0 saturated heterocycles. The summed E-state index contributed by atoms with van der Waals surface area (Å²) in [5, 5.41) is 4.42. The van der Waals surface area contributed by atoms with Crippen LogP contribution in [0.3, 0.4) is 0 Å². The lowest BCUT2D eigenvalue weighted by molar-refractivity contribution is 0.102. The largest absolute Gasteiger partial charge is 0.330 e. The topological polar surface area (TPSA) is 42.0 Å². The number of Topliss-reactive ketones (excluding diaryl/α,β-unsaturated/α-hetero) is 1. The number of carbonyl (C=O) groups is 1. The molecule has 0 unspecified atom stereocenters. The zero-order chi connectivity index (χ0) is 12.4. The fraction of sp³-hybridized carbons (Fsp3) is 0.167. The number of halogens is 1. The maximum atomic E-state index is 11.3. The molecule has 1 heterocycles. The first kappa shape index (κ1) is 12.1. The molecule has 0 amide bonds. The predicted molar refractivity (Wildman–Crippen MR) is 71.6 cm³/mol. The van der Waals surface area contributed by atoms with Crippen molar-refractivity contribution in [2.24, 2.45) is 0 Å². The minimum atomic E-state index is 0.0345. The first-order chi connectivity index (χ1) is 8.08. The van der Waals surface area contributed by atoms with E-state index in [1.54, 1.807) is 13.0 Å². The van der Waals surface area contributed by atoms with Crippen molar-refractivity contribution >= 4 is 39.5 Å². The van der Waals surface area contributed by atoms with Gasteiger partial charge in [0.2, 0.25) is 0 Å². The number of aryl methyl sites for hydroxylation is 1. The lowest BCUT2D eigenvalue weighted by atomic mass is 10.3. The number of rotatable bonds is 3. The average molecular weight is 267 g/mol. The van der Waals surface area contributed by atoms with Crippen LogP contribution in [0.4, 0.5) is 10.8 Å². The highest BCUT2D eigenvalue weighted by atomic mass is 35.5. The van der Waals surface area contributed by atoms with E-state index in [0.29, 0.717) is 15.0 Å². The van der Waals surface area contributed by atoms with E-state index in [9.17, 15) is 4.79 Å². The van der Waals surface area contributed by atoms with E-state index < -0.39 is 0 Å². The van der Waals surface area contributed by atoms with E-state index in [4.69, 9.17) is 11.6 Å². The van der Waals surface area contributed by atoms with Crippen molar-refractivity contribution in [2.45, 2.75) is 13.8 Å². The zero-order valence-electron chi connectivity index (χ0n) is 9.45. The molecule has 0 aliphatic heterocycles. The monoisotopic (exact) mass is 266 g/mol. The van der Waals surface area contributed by atoms with E-state index in [1.807, 2.05) is 25.1 Å². The maximum Gasteiger partial charge on any atom is 0.188 e. The van der Waals surface area contributed by atoms with Crippen LogP contribution in [0, 0.1) is 6.92 Å². The molecule has 1 N–H and O–H groups in total. The number of hydrogen-bond donors (Lipinski definition) is 1. The summed E-state index contributed by atoms with van der Waals surface area (Å²) in [6.07, 6.45) is 0. The van der Waals surface area contributed by atoms with Gasteiger partial charge in [-0.25, -0.2) is 4.98 Å². The second kappa shape index (κ2) is 4.85. The Bertz CT molecular complexity index is 565. The van der Waals surface area contributed by atoms with Crippen LogP contribution < -0.4 is 5.32 Å². The number of hydrogen-bond acceptors (Lipinski definition) is 4. The molecule has 2 rings (SSSR count). The molecule has 1 aromatic carbocycles. The highest BCUT2D eigenvalue weighted by Gasteiger charge is 2.11. The molecule has 0 bridgehead atoms. The van der Waals surface area contributed by atoms with Crippen LogP contribution >= 0.6 is 22.9 Å². The number of thiazole rings is 1. The molecule has 3 nitrogen and oxygen atoms in total. The van der Waals surface area contributed by atoms with Crippen molar-refractivity contribution in [3.05, 3.63) is 39.9 Å². The van der Waals surface area contributed by atoms with E-state index in [-0.39, 0.29) is 5.78 Å². The summed E-state index contributed by atoms with van der Waals surface area (Å²) >= 11 is 7.37. The molecule has 2 aromatic rings. The number of nitrogens with zero attached hydrogens (tertiary/aromatic N) is 1. The molecule has 1 aromatic heterocycles. The molecule has 0 fully saturated rings. The second-order valence-corrected chi connectivity index (χ2v) is 5.00. The van der Waals surface area contributed by atoms with Crippen molar-refractivity contribution in [1.82, 2.24) is 4.98 Å². The van der Waals surface area contributed by atoms with Gasteiger partial charge in [0.1, 0.15) is 0 Å². The number of aromatic nitrogens is 1. The molecule has 0 aliphatic rings. The van der Waals surface area contributed by atoms with Crippen molar-refractivity contribution in [2.75, 3.05) is 5.32 Å². The van der Waals surface area contributed by atoms with Gasteiger partial charge in [-0.1, -0.05) is 35.1 Å². The highest BCUT2D eigenvalue weighted by Crippen LogP contribution is 2.29. The van der Waals surface area contributed by atoms with Crippen LogP contribution in [0.1, 0.15) is 22.3 Å². The van der Waals surface area contributed by atoms with Gasteiger partial charge in [-0.2, -0.15) is 0 Å². The van der Waals surface area contributed by atoms with E-state index in [0.717, 1.165) is 11.4 Å². The van der Waals surface area contributed by atoms with Gasteiger partial charge in [0.05, 0.1) is 21.3 Å². The van der Waals surface area contributed by atoms with Gasteiger partial charge in [0, 0.05) is 6.92 Å². The molecule has 0 radical (unpaired) electrons. The Kier molecular flexibility index (Phi) is 3.45. The SMILES string of the molecule is CC(=O)c1sc(Nc2ccccc2Cl)nc1C. The first-order valence-corrected chi connectivity index (χ1v) is 6.27.